The van der Waals surface area contributed by atoms with Crippen LogP contribution in [0.25, 0.3) is 27.5 Å². The van der Waals surface area contributed by atoms with Crippen LogP contribution in [0.2, 0.25) is 0 Å². The van der Waals surface area contributed by atoms with Gasteiger partial charge in [0.05, 0.1) is 11.9 Å². The van der Waals surface area contributed by atoms with Crippen molar-refractivity contribution in [3.05, 3.63) is 70.1 Å². The summed E-state index contributed by atoms with van der Waals surface area (Å²) >= 11 is 0. The lowest BCUT2D eigenvalue weighted by Crippen LogP contribution is -2.23. The molecule has 4 aromatic rings. The molecular weight excluding hydrogens is 286 g/mol. The zero-order valence-corrected chi connectivity index (χ0v) is 13.4. The lowest BCUT2D eigenvalue weighted by atomic mass is 10.1. The van der Waals surface area contributed by atoms with Gasteiger partial charge < -0.3 is 4.57 Å². The van der Waals surface area contributed by atoms with Crippen molar-refractivity contribution >= 4 is 21.8 Å². The SMILES string of the molecule is Cc1ccc2c(c1)c1cnn(-c3ccccc3C)c(=O)c1n2C. The Hall–Kier alpha value is -2.88. The number of nitrogens with zero attached hydrogens (tertiary/aromatic N) is 3. The van der Waals surface area contributed by atoms with Crippen LogP contribution in [0.1, 0.15) is 11.1 Å². The van der Waals surface area contributed by atoms with Crippen LogP contribution in [0.5, 0.6) is 0 Å². The maximum Gasteiger partial charge on any atom is 0.296 e. The average Bonchev–Trinajstić information content (AvgIpc) is 2.82. The molecule has 0 radical (unpaired) electrons. The summed E-state index contributed by atoms with van der Waals surface area (Å²) in [6.07, 6.45) is 1.80. The van der Waals surface area contributed by atoms with Crippen LogP contribution < -0.4 is 5.56 Å². The summed E-state index contributed by atoms with van der Waals surface area (Å²) in [5.74, 6) is 0. The lowest BCUT2D eigenvalue weighted by Gasteiger charge is -2.08. The number of benzene rings is 2. The molecule has 0 atom stereocenters. The molecule has 0 fully saturated rings. The summed E-state index contributed by atoms with van der Waals surface area (Å²) in [5, 5.41) is 6.40. The van der Waals surface area contributed by atoms with E-state index in [-0.39, 0.29) is 5.56 Å². The first kappa shape index (κ1) is 13.8. The molecule has 0 amide bonds. The van der Waals surface area contributed by atoms with Gasteiger partial charge in [-0.1, -0.05) is 29.8 Å². The first-order valence-electron chi connectivity index (χ1n) is 7.61. The molecule has 0 unspecified atom stereocenters. The van der Waals surface area contributed by atoms with Crippen LogP contribution in [-0.2, 0) is 7.05 Å². The van der Waals surface area contributed by atoms with Crippen molar-refractivity contribution in [3.63, 3.8) is 0 Å². The number of rotatable bonds is 1. The highest BCUT2D eigenvalue weighted by molar-refractivity contribution is 6.07. The van der Waals surface area contributed by atoms with Crippen molar-refractivity contribution in [1.29, 1.82) is 0 Å². The molecule has 0 aliphatic carbocycles. The average molecular weight is 303 g/mol. The van der Waals surface area contributed by atoms with E-state index in [9.17, 15) is 4.79 Å². The highest BCUT2D eigenvalue weighted by Crippen LogP contribution is 2.26. The molecule has 0 spiro atoms. The molecule has 23 heavy (non-hydrogen) atoms. The second kappa shape index (κ2) is 4.81. The minimum Gasteiger partial charge on any atom is -0.339 e. The van der Waals surface area contributed by atoms with Gasteiger partial charge in [0.2, 0.25) is 0 Å². The summed E-state index contributed by atoms with van der Waals surface area (Å²) in [4.78, 5) is 13.0. The molecule has 0 bridgehead atoms. The van der Waals surface area contributed by atoms with Gasteiger partial charge in [-0.25, -0.2) is 0 Å². The van der Waals surface area contributed by atoms with E-state index in [0.29, 0.717) is 5.52 Å². The third kappa shape index (κ3) is 1.91. The molecule has 0 N–H and O–H groups in total. The Balaban J connectivity index is 2.14. The van der Waals surface area contributed by atoms with E-state index in [2.05, 4.69) is 30.2 Å². The molecule has 0 saturated heterocycles. The highest BCUT2D eigenvalue weighted by atomic mass is 16.1. The number of aryl methyl sites for hydroxylation is 3. The fourth-order valence-electron chi connectivity index (χ4n) is 3.22. The summed E-state index contributed by atoms with van der Waals surface area (Å²) in [6.45, 7) is 4.04. The van der Waals surface area contributed by atoms with Crippen LogP contribution in [0.15, 0.2) is 53.5 Å². The quantitative estimate of drug-likeness (QED) is 0.540. The summed E-state index contributed by atoms with van der Waals surface area (Å²) < 4.78 is 3.45. The summed E-state index contributed by atoms with van der Waals surface area (Å²) in [7, 11) is 1.93. The van der Waals surface area contributed by atoms with Crippen LogP contribution in [-0.4, -0.2) is 14.3 Å². The second-order valence-corrected chi connectivity index (χ2v) is 5.99. The standard InChI is InChI=1S/C19H17N3O/c1-12-8-9-17-14(10-12)15-11-20-22(19(23)18(15)21(17)3)16-7-5-4-6-13(16)2/h4-11H,1-3H3. The largest absolute Gasteiger partial charge is 0.339 e. The van der Waals surface area contributed by atoms with E-state index in [1.165, 1.54) is 10.2 Å². The Morgan fingerprint density at radius 1 is 1.00 bits per heavy atom. The maximum absolute atomic E-state index is 13.0. The second-order valence-electron chi connectivity index (χ2n) is 5.99. The van der Waals surface area contributed by atoms with Gasteiger partial charge in [-0.15, -0.1) is 0 Å². The van der Waals surface area contributed by atoms with Crippen molar-refractivity contribution in [1.82, 2.24) is 14.3 Å². The Bertz CT molecular complexity index is 1120. The van der Waals surface area contributed by atoms with Gasteiger partial charge in [0.15, 0.2) is 0 Å². The topological polar surface area (TPSA) is 39.8 Å². The number of hydrogen-bond acceptors (Lipinski definition) is 2. The molecule has 114 valence electrons. The predicted octanol–water partition coefficient (Wildman–Crippen LogP) is 3.49. The van der Waals surface area contributed by atoms with Crippen LogP contribution >= 0.6 is 0 Å². The van der Waals surface area contributed by atoms with Crippen molar-refractivity contribution < 1.29 is 0 Å². The fraction of sp³-hybridized carbons (Fsp3) is 0.158. The maximum atomic E-state index is 13.0. The number of para-hydroxylation sites is 1. The molecule has 4 nitrogen and oxygen atoms in total. The molecule has 4 rings (SSSR count). The van der Waals surface area contributed by atoms with Gasteiger partial charge in [-0.05, 0) is 37.6 Å². The Labute approximate surface area is 133 Å². The monoisotopic (exact) mass is 303 g/mol. The normalized spacial score (nSPS) is 11.4. The molecule has 2 aromatic heterocycles. The minimum atomic E-state index is -0.0897. The minimum absolute atomic E-state index is 0.0897. The smallest absolute Gasteiger partial charge is 0.296 e. The Kier molecular flexibility index (Phi) is 2.88. The van der Waals surface area contributed by atoms with Gasteiger partial charge in [0.1, 0.15) is 5.52 Å². The molecule has 0 saturated carbocycles. The lowest BCUT2D eigenvalue weighted by molar-refractivity contribution is 0.806. The van der Waals surface area contributed by atoms with E-state index in [1.807, 2.05) is 42.8 Å². The van der Waals surface area contributed by atoms with E-state index in [4.69, 9.17) is 0 Å². The summed E-state index contributed by atoms with van der Waals surface area (Å²) in [6, 6.07) is 14.0. The Morgan fingerprint density at radius 3 is 2.57 bits per heavy atom. The van der Waals surface area contributed by atoms with Crippen LogP contribution in [0, 0.1) is 13.8 Å². The van der Waals surface area contributed by atoms with Gasteiger partial charge in [0, 0.05) is 23.3 Å². The van der Waals surface area contributed by atoms with Crippen molar-refractivity contribution in [3.8, 4) is 5.69 Å². The zero-order chi connectivity index (χ0) is 16.1. The molecule has 0 aliphatic rings. The van der Waals surface area contributed by atoms with E-state index in [0.717, 1.165) is 27.5 Å². The third-order valence-electron chi connectivity index (χ3n) is 4.44. The highest BCUT2D eigenvalue weighted by Gasteiger charge is 2.15. The molecule has 2 aromatic carbocycles. The number of aromatic nitrogens is 3. The zero-order valence-electron chi connectivity index (χ0n) is 13.4. The molecule has 2 heterocycles. The first-order valence-corrected chi connectivity index (χ1v) is 7.61. The van der Waals surface area contributed by atoms with Crippen LogP contribution in [0.4, 0.5) is 0 Å². The van der Waals surface area contributed by atoms with Gasteiger partial charge in [0.25, 0.3) is 5.56 Å². The third-order valence-corrected chi connectivity index (χ3v) is 4.44. The predicted molar refractivity (Wildman–Crippen MR) is 93.3 cm³/mol. The van der Waals surface area contributed by atoms with E-state index >= 15 is 0 Å². The van der Waals surface area contributed by atoms with Crippen molar-refractivity contribution in [2.24, 2.45) is 7.05 Å². The Morgan fingerprint density at radius 2 is 1.78 bits per heavy atom. The van der Waals surface area contributed by atoms with Crippen molar-refractivity contribution in [2.45, 2.75) is 13.8 Å². The van der Waals surface area contributed by atoms with Gasteiger partial charge in [-0.3, -0.25) is 4.79 Å². The molecule has 4 heteroatoms. The molecule has 0 aliphatic heterocycles. The summed E-state index contributed by atoms with van der Waals surface area (Å²) in [5.41, 5.74) is 4.66. The molecular formula is C19H17N3O. The number of hydrogen-bond donors (Lipinski definition) is 0. The van der Waals surface area contributed by atoms with E-state index in [1.54, 1.807) is 6.20 Å². The van der Waals surface area contributed by atoms with Gasteiger partial charge >= 0.3 is 0 Å². The fourth-order valence-corrected chi connectivity index (χ4v) is 3.22. The van der Waals surface area contributed by atoms with Crippen LogP contribution in [0.3, 0.4) is 0 Å². The number of fused-ring (bicyclic) bond motifs is 3. The van der Waals surface area contributed by atoms with Gasteiger partial charge in [-0.2, -0.15) is 9.78 Å². The van der Waals surface area contributed by atoms with E-state index < -0.39 is 0 Å². The first-order chi connectivity index (χ1) is 11.1. The van der Waals surface area contributed by atoms with Crippen molar-refractivity contribution in [2.75, 3.05) is 0 Å².